The van der Waals surface area contributed by atoms with Crippen LogP contribution in [0.4, 0.5) is 11.5 Å². The highest BCUT2D eigenvalue weighted by atomic mass is 16.5. The molecule has 0 saturated carbocycles. The van der Waals surface area contributed by atoms with Crippen LogP contribution >= 0.6 is 0 Å². The zero-order chi connectivity index (χ0) is 13.4. The lowest BCUT2D eigenvalue weighted by Crippen LogP contribution is -2.17. The molecular formula is C13H12N4O2. The van der Waals surface area contributed by atoms with Crippen molar-refractivity contribution in [1.82, 2.24) is 4.98 Å². The Labute approximate surface area is 109 Å². The van der Waals surface area contributed by atoms with E-state index in [1.807, 2.05) is 17.0 Å². The molecule has 6 heteroatoms. The Morgan fingerprint density at radius 1 is 1.42 bits per heavy atom. The summed E-state index contributed by atoms with van der Waals surface area (Å²) in [7, 11) is 0. The number of rotatable bonds is 3. The van der Waals surface area contributed by atoms with Crippen molar-refractivity contribution in [3.8, 4) is 5.75 Å². The molecule has 0 spiro atoms. The molecule has 0 amide bonds. The second kappa shape index (κ2) is 4.16. The number of carbonyl (C=O) groups excluding carboxylic acids is 1. The van der Waals surface area contributed by atoms with Gasteiger partial charge in [-0.15, -0.1) is 0 Å². The largest absolute Gasteiger partial charge is 0.469 e. The Hall–Kier alpha value is -2.76. The molecule has 2 heterocycles. The number of ether oxygens (including phenoxy) is 1. The van der Waals surface area contributed by atoms with Crippen molar-refractivity contribution in [2.45, 2.75) is 0 Å². The summed E-state index contributed by atoms with van der Waals surface area (Å²) in [6, 6.07) is 8.94. The Morgan fingerprint density at radius 3 is 2.79 bits per heavy atom. The summed E-state index contributed by atoms with van der Waals surface area (Å²) in [6.45, 7) is 0.389. The smallest absolute Gasteiger partial charge is 0.167 e. The van der Waals surface area contributed by atoms with Crippen LogP contribution in [-0.2, 0) is 0 Å². The predicted molar refractivity (Wildman–Crippen MR) is 71.3 cm³/mol. The molecular weight excluding hydrogens is 244 g/mol. The van der Waals surface area contributed by atoms with Gasteiger partial charge in [0.1, 0.15) is 5.84 Å². The molecule has 0 unspecified atom stereocenters. The number of fused-ring (bicyclic) bond motifs is 1. The van der Waals surface area contributed by atoms with Crippen LogP contribution < -0.4 is 15.4 Å². The van der Waals surface area contributed by atoms with E-state index in [1.165, 1.54) is 0 Å². The van der Waals surface area contributed by atoms with E-state index in [4.69, 9.17) is 15.9 Å². The lowest BCUT2D eigenvalue weighted by Gasteiger charge is -2.16. The van der Waals surface area contributed by atoms with Gasteiger partial charge in [0, 0.05) is 17.3 Å². The predicted octanol–water partition coefficient (Wildman–Crippen LogP) is 1.60. The molecule has 96 valence electrons. The third-order valence-corrected chi connectivity index (χ3v) is 3.02. The topological polar surface area (TPSA) is 95.2 Å². The zero-order valence-electron chi connectivity index (χ0n) is 10.0. The molecule has 0 aliphatic carbocycles. The van der Waals surface area contributed by atoms with Crippen molar-refractivity contribution in [3.63, 3.8) is 0 Å². The molecule has 1 aromatic heterocycles. The number of benzene rings is 1. The van der Waals surface area contributed by atoms with Gasteiger partial charge in [-0.3, -0.25) is 15.1 Å². The van der Waals surface area contributed by atoms with Gasteiger partial charge in [-0.1, -0.05) is 0 Å². The SMILES string of the molecule is N=C(N)c1ccc(N2COc3cc(C=O)[nH]c32)cc1. The van der Waals surface area contributed by atoms with Crippen molar-refractivity contribution in [2.24, 2.45) is 5.73 Å². The maximum Gasteiger partial charge on any atom is 0.167 e. The third kappa shape index (κ3) is 1.83. The number of aromatic amines is 1. The molecule has 1 aromatic carbocycles. The van der Waals surface area contributed by atoms with E-state index >= 15 is 0 Å². The van der Waals surface area contributed by atoms with Crippen LogP contribution in [0.15, 0.2) is 30.3 Å². The monoisotopic (exact) mass is 256 g/mol. The highest BCUT2D eigenvalue weighted by Gasteiger charge is 2.24. The van der Waals surface area contributed by atoms with Crippen molar-refractivity contribution >= 4 is 23.6 Å². The van der Waals surface area contributed by atoms with E-state index in [0.717, 1.165) is 17.8 Å². The van der Waals surface area contributed by atoms with Gasteiger partial charge in [0.2, 0.25) is 0 Å². The number of hydrogen-bond donors (Lipinski definition) is 3. The van der Waals surface area contributed by atoms with Crippen molar-refractivity contribution < 1.29 is 9.53 Å². The number of carbonyl (C=O) groups is 1. The third-order valence-electron chi connectivity index (χ3n) is 3.02. The van der Waals surface area contributed by atoms with E-state index in [0.29, 0.717) is 23.7 Å². The van der Waals surface area contributed by atoms with Crippen LogP contribution in [0.1, 0.15) is 16.1 Å². The summed E-state index contributed by atoms with van der Waals surface area (Å²) < 4.78 is 5.49. The standard InChI is InChI=1S/C13H12N4O2/c14-12(15)8-1-3-10(4-2-8)17-7-19-11-5-9(6-18)16-13(11)17/h1-6,16H,7H2,(H3,14,15). The summed E-state index contributed by atoms with van der Waals surface area (Å²) in [5.74, 6) is 1.46. The normalized spacial score (nSPS) is 12.9. The summed E-state index contributed by atoms with van der Waals surface area (Å²) in [5, 5.41) is 7.36. The minimum absolute atomic E-state index is 0.0352. The fourth-order valence-corrected chi connectivity index (χ4v) is 2.04. The number of nitrogens with zero attached hydrogens (tertiary/aromatic N) is 1. The first-order valence-electron chi connectivity index (χ1n) is 5.72. The van der Waals surface area contributed by atoms with Gasteiger partial charge in [0.15, 0.2) is 24.6 Å². The van der Waals surface area contributed by atoms with Gasteiger partial charge in [-0.05, 0) is 24.3 Å². The second-order valence-electron chi connectivity index (χ2n) is 4.22. The Morgan fingerprint density at radius 2 is 2.16 bits per heavy atom. The molecule has 0 radical (unpaired) electrons. The number of aldehydes is 1. The molecule has 19 heavy (non-hydrogen) atoms. The number of amidine groups is 1. The van der Waals surface area contributed by atoms with Crippen LogP contribution in [0.2, 0.25) is 0 Å². The van der Waals surface area contributed by atoms with E-state index in [9.17, 15) is 4.79 Å². The molecule has 0 fully saturated rings. The quantitative estimate of drug-likeness (QED) is 0.441. The number of hydrogen-bond acceptors (Lipinski definition) is 4. The van der Waals surface area contributed by atoms with E-state index in [1.54, 1.807) is 18.2 Å². The summed E-state index contributed by atoms with van der Waals surface area (Å²) in [4.78, 5) is 15.6. The molecule has 1 aliphatic heterocycles. The van der Waals surface area contributed by atoms with Gasteiger partial charge in [0.25, 0.3) is 0 Å². The van der Waals surface area contributed by atoms with Crippen LogP contribution in [0.3, 0.4) is 0 Å². The van der Waals surface area contributed by atoms with E-state index < -0.39 is 0 Å². The number of H-pyrrole nitrogens is 1. The van der Waals surface area contributed by atoms with Crippen molar-refractivity contribution in [3.05, 3.63) is 41.6 Å². The lowest BCUT2D eigenvalue weighted by atomic mass is 10.2. The highest BCUT2D eigenvalue weighted by molar-refractivity contribution is 5.95. The minimum atomic E-state index is 0.0352. The van der Waals surface area contributed by atoms with E-state index in [2.05, 4.69) is 4.98 Å². The fraction of sp³-hybridized carbons (Fsp3) is 0.0769. The first-order valence-corrected chi connectivity index (χ1v) is 5.72. The average Bonchev–Trinajstić information content (AvgIpc) is 2.98. The molecule has 0 atom stereocenters. The molecule has 0 saturated heterocycles. The Bertz CT molecular complexity index is 645. The molecule has 1 aliphatic rings. The number of anilines is 2. The van der Waals surface area contributed by atoms with E-state index in [-0.39, 0.29) is 5.84 Å². The van der Waals surface area contributed by atoms with Gasteiger partial charge in [-0.25, -0.2) is 0 Å². The molecule has 0 bridgehead atoms. The van der Waals surface area contributed by atoms with Crippen LogP contribution in [-0.4, -0.2) is 23.8 Å². The number of aromatic nitrogens is 1. The van der Waals surface area contributed by atoms with Crippen LogP contribution in [0.5, 0.6) is 5.75 Å². The van der Waals surface area contributed by atoms with Crippen molar-refractivity contribution in [2.75, 3.05) is 11.6 Å². The van der Waals surface area contributed by atoms with Crippen molar-refractivity contribution in [1.29, 1.82) is 5.41 Å². The second-order valence-corrected chi connectivity index (χ2v) is 4.22. The van der Waals surface area contributed by atoms with Gasteiger partial charge < -0.3 is 15.5 Å². The fourth-order valence-electron chi connectivity index (χ4n) is 2.04. The number of nitrogen functional groups attached to an aromatic ring is 1. The summed E-state index contributed by atoms with van der Waals surface area (Å²) in [5.41, 5.74) is 7.47. The van der Waals surface area contributed by atoms with Gasteiger partial charge in [-0.2, -0.15) is 0 Å². The summed E-state index contributed by atoms with van der Waals surface area (Å²) in [6.07, 6.45) is 0.749. The molecule has 2 aromatic rings. The first kappa shape index (κ1) is 11.3. The van der Waals surface area contributed by atoms with Gasteiger partial charge >= 0.3 is 0 Å². The number of nitrogens with two attached hydrogens (primary N) is 1. The zero-order valence-corrected chi connectivity index (χ0v) is 10.0. The maximum absolute atomic E-state index is 10.7. The van der Waals surface area contributed by atoms with Crippen LogP contribution in [0, 0.1) is 5.41 Å². The summed E-state index contributed by atoms with van der Waals surface area (Å²) >= 11 is 0. The maximum atomic E-state index is 10.7. The molecule has 6 nitrogen and oxygen atoms in total. The highest BCUT2D eigenvalue weighted by Crippen LogP contribution is 2.38. The first-order chi connectivity index (χ1) is 9.19. The minimum Gasteiger partial charge on any atom is -0.469 e. The molecule has 3 rings (SSSR count). The Kier molecular flexibility index (Phi) is 2.49. The van der Waals surface area contributed by atoms with Gasteiger partial charge in [0.05, 0.1) is 5.69 Å². The molecule has 4 N–H and O–H groups in total. The average molecular weight is 256 g/mol. The Balaban J connectivity index is 1.94. The van der Waals surface area contributed by atoms with Crippen LogP contribution in [0.25, 0.3) is 0 Å². The number of nitrogens with one attached hydrogen (secondary N) is 2. The lowest BCUT2D eigenvalue weighted by molar-refractivity contribution is 0.111.